The molecule has 3 rings (SSSR count). The molecule has 138 valence electrons. The summed E-state index contributed by atoms with van der Waals surface area (Å²) < 4.78 is 5.14. The molecule has 2 aromatic carbocycles. The van der Waals surface area contributed by atoms with E-state index < -0.39 is 18.0 Å². The first kappa shape index (κ1) is 18.8. The van der Waals surface area contributed by atoms with E-state index in [1.54, 1.807) is 18.2 Å². The molecular formula is C21H19NO4S. The van der Waals surface area contributed by atoms with Crippen LogP contribution in [0.25, 0.3) is 10.8 Å². The van der Waals surface area contributed by atoms with Crippen LogP contribution in [0.5, 0.6) is 0 Å². The number of thiophene rings is 1. The van der Waals surface area contributed by atoms with Gasteiger partial charge in [0.15, 0.2) is 11.9 Å². The fourth-order valence-electron chi connectivity index (χ4n) is 2.60. The Morgan fingerprint density at radius 3 is 2.52 bits per heavy atom. The Labute approximate surface area is 161 Å². The van der Waals surface area contributed by atoms with E-state index in [2.05, 4.69) is 5.32 Å². The molecular weight excluding hydrogens is 362 g/mol. The molecule has 0 saturated carbocycles. The third kappa shape index (κ3) is 5.01. The van der Waals surface area contributed by atoms with Gasteiger partial charge in [-0.2, -0.15) is 0 Å². The summed E-state index contributed by atoms with van der Waals surface area (Å²) in [7, 11) is 0. The lowest BCUT2D eigenvalue weighted by atomic mass is 10.1. The second kappa shape index (κ2) is 8.60. The van der Waals surface area contributed by atoms with Crippen LogP contribution >= 0.6 is 11.3 Å². The van der Waals surface area contributed by atoms with Crippen LogP contribution in [-0.2, 0) is 14.3 Å². The largest absolute Gasteiger partial charge is 0.453 e. The number of rotatable bonds is 7. The highest BCUT2D eigenvalue weighted by molar-refractivity contribution is 7.12. The minimum Gasteiger partial charge on any atom is -0.453 e. The Morgan fingerprint density at radius 1 is 1.00 bits per heavy atom. The molecule has 27 heavy (non-hydrogen) atoms. The lowest BCUT2D eigenvalue weighted by Gasteiger charge is -2.14. The summed E-state index contributed by atoms with van der Waals surface area (Å²) in [6.45, 7) is 1.51. The molecule has 1 N–H and O–H groups in total. The number of amides is 1. The van der Waals surface area contributed by atoms with Gasteiger partial charge >= 0.3 is 5.97 Å². The monoisotopic (exact) mass is 381 g/mol. The molecule has 5 nitrogen and oxygen atoms in total. The average Bonchev–Trinajstić information content (AvgIpc) is 3.21. The number of hydrogen-bond donors (Lipinski definition) is 1. The van der Waals surface area contributed by atoms with Crippen molar-refractivity contribution in [3.05, 3.63) is 64.9 Å². The number of benzene rings is 2. The van der Waals surface area contributed by atoms with E-state index in [9.17, 15) is 14.4 Å². The van der Waals surface area contributed by atoms with Crippen molar-refractivity contribution in [2.45, 2.75) is 25.9 Å². The molecule has 0 spiro atoms. The third-order valence-electron chi connectivity index (χ3n) is 4.05. The summed E-state index contributed by atoms with van der Waals surface area (Å²) in [5, 5.41) is 6.64. The van der Waals surface area contributed by atoms with Gasteiger partial charge in [-0.15, -0.1) is 11.3 Å². The minimum absolute atomic E-state index is 0.0513. The third-order valence-corrected chi connectivity index (χ3v) is 4.96. The molecule has 0 aliphatic rings. The SMILES string of the molecule is C[C@@H](OC(=O)CCC(=O)c1cccs1)C(=O)Nc1ccc2ccccc2c1. The summed E-state index contributed by atoms with van der Waals surface area (Å²) in [5.41, 5.74) is 0.634. The molecule has 6 heteroatoms. The van der Waals surface area contributed by atoms with Gasteiger partial charge in [0.2, 0.25) is 0 Å². The number of anilines is 1. The van der Waals surface area contributed by atoms with E-state index in [-0.39, 0.29) is 18.6 Å². The molecule has 1 atom stereocenters. The maximum Gasteiger partial charge on any atom is 0.307 e. The normalized spacial score (nSPS) is 11.7. The molecule has 0 unspecified atom stereocenters. The number of ketones is 1. The number of Topliss-reactive ketones (excluding diaryl/α,β-unsaturated/α-hetero) is 1. The Kier molecular flexibility index (Phi) is 5.98. The maximum atomic E-state index is 12.3. The lowest BCUT2D eigenvalue weighted by molar-refractivity contribution is -0.153. The Balaban J connectivity index is 1.50. The van der Waals surface area contributed by atoms with Crippen LogP contribution in [0, 0.1) is 0 Å². The predicted octanol–water partition coefficient (Wildman–Crippen LogP) is 4.43. The van der Waals surface area contributed by atoms with Crippen molar-refractivity contribution in [2.75, 3.05) is 5.32 Å². The first-order chi connectivity index (χ1) is 13.0. The van der Waals surface area contributed by atoms with Crippen LogP contribution < -0.4 is 5.32 Å². The van der Waals surface area contributed by atoms with Crippen molar-refractivity contribution in [3.63, 3.8) is 0 Å². The quantitative estimate of drug-likeness (QED) is 0.485. The molecule has 0 radical (unpaired) electrons. The summed E-state index contributed by atoms with van der Waals surface area (Å²) in [6, 6.07) is 16.9. The first-order valence-electron chi connectivity index (χ1n) is 8.59. The minimum atomic E-state index is -0.944. The predicted molar refractivity (Wildman–Crippen MR) is 106 cm³/mol. The number of esters is 1. The second-order valence-electron chi connectivity index (χ2n) is 6.08. The van der Waals surface area contributed by atoms with Gasteiger partial charge in [-0.25, -0.2) is 0 Å². The fraction of sp³-hybridized carbons (Fsp3) is 0.190. The first-order valence-corrected chi connectivity index (χ1v) is 9.47. The maximum absolute atomic E-state index is 12.3. The van der Waals surface area contributed by atoms with Gasteiger partial charge in [0.05, 0.1) is 11.3 Å². The van der Waals surface area contributed by atoms with Gasteiger partial charge in [0.1, 0.15) is 0 Å². The number of fused-ring (bicyclic) bond motifs is 1. The van der Waals surface area contributed by atoms with Crippen molar-refractivity contribution >= 4 is 45.5 Å². The number of hydrogen-bond acceptors (Lipinski definition) is 5. The summed E-state index contributed by atoms with van der Waals surface area (Å²) in [6.07, 6.45) is -0.927. The Hall–Kier alpha value is -2.99. The van der Waals surface area contributed by atoms with Gasteiger partial charge in [-0.05, 0) is 41.3 Å². The molecule has 1 amide bonds. The summed E-state index contributed by atoms with van der Waals surface area (Å²) in [5.74, 6) is -1.08. The zero-order valence-electron chi connectivity index (χ0n) is 14.8. The van der Waals surface area contributed by atoms with Gasteiger partial charge < -0.3 is 10.1 Å². The van der Waals surface area contributed by atoms with Gasteiger partial charge in [-0.3, -0.25) is 14.4 Å². The Morgan fingerprint density at radius 2 is 1.78 bits per heavy atom. The second-order valence-corrected chi connectivity index (χ2v) is 7.03. The summed E-state index contributed by atoms with van der Waals surface area (Å²) >= 11 is 1.34. The highest BCUT2D eigenvalue weighted by atomic mass is 32.1. The number of carbonyl (C=O) groups excluding carboxylic acids is 3. The van der Waals surface area contributed by atoms with E-state index >= 15 is 0 Å². The average molecular weight is 381 g/mol. The van der Waals surface area contributed by atoms with Crippen molar-refractivity contribution in [3.8, 4) is 0 Å². The molecule has 3 aromatic rings. The number of carbonyl (C=O) groups is 3. The zero-order chi connectivity index (χ0) is 19.2. The summed E-state index contributed by atoms with van der Waals surface area (Å²) in [4.78, 5) is 36.7. The van der Waals surface area contributed by atoms with Crippen molar-refractivity contribution in [1.29, 1.82) is 0 Å². The smallest absolute Gasteiger partial charge is 0.307 e. The fourth-order valence-corrected chi connectivity index (χ4v) is 3.29. The molecule has 0 fully saturated rings. The van der Waals surface area contributed by atoms with Crippen molar-refractivity contribution in [1.82, 2.24) is 0 Å². The van der Waals surface area contributed by atoms with Gasteiger partial charge in [0, 0.05) is 12.1 Å². The molecule has 0 bridgehead atoms. The molecule has 0 aliphatic carbocycles. The van der Waals surface area contributed by atoms with E-state index in [0.717, 1.165) is 10.8 Å². The van der Waals surface area contributed by atoms with Crippen LogP contribution in [0.4, 0.5) is 5.69 Å². The van der Waals surface area contributed by atoms with Crippen LogP contribution in [0.2, 0.25) is 0 Å². The van der Waals surface area contributed by atoms with Crippen molar-refractivity contribution in [2.24, 2.45) is 0 Å². The van der Waals surface area contributed by atoms with Crippen LogP contribution in [0.3, 0.4) is 0 Å². The Bertz CT molecular complexity index is 965. The van der Waals surface area contributed by atoms with Crippen molar-refractivity contribution < 1.29 is 19.1 Å². The van der Waals surface area contributed by atoms with Crippen LogP contribution in [-0.4, -0.2) is 23.8 Å². The molecule has 0 aliphatic heterocycles. The highest BCUT2D eigenvalue weighted by Gasteiger charge is 2.19. The highest BCUT2D eigenvalue weighted by Crippen LogP contribution is 2.19. The topological polar surface area (TPSA) is 72.5 Å². The van der Waals surface area contributed by atoms with E-state index in [1.165, 1.54) is 18.3 Å². The number of ether oxygens (including phenoxy) is 1. The standard InChI is InChI=1S/C21H19NO4S/c1-14(26-20(24)11-10-18(23)19-7-4-12-27-19)21(25)22-17-9-8-15-5-2-3-6-16(15)13-17/h2-9,12-14H,10-11H2,1H3,(H,22,25)/t14-/m1/s1. The van der Waals surface area contributed by atoms with E-state index in [1.807, 2.05) is 41.8 Å². The molecule has 1 aromatic heterocycles. The zero-order valence-corrected chi connectivity index (χ0v) is 15.6. The van der Waals surface area contributed by atoms with E-state index in [0.29, 0.717) is 10.6 Å². The van der Waals surface area contributed by atoms with Crippen LogP contribution in [0.1, 0.15) is 29.4 Å². The van der Waals surface area contributed by atoms with E-state index in [4.69, 9.17) is 4.74 Å². The molecule has 1 heterocycles. The van der Waals surface area contributed by atoms with Crippen LogP contribution in [0.15, 0.2) is 60.0 Å². The lowest BCUT2D eigenvalue weighted by Crippen LogP contribution is -2.30. The number of nitrogens with one attached hydrogen (secondary N) is 1. The molecule has 0 saturated heterocycles. The van der Waals surface area contributed by atoms with Gasteiger partial charge in [0.25, 0.3) is 5.91 Å². The van der Waals surface area contributed by atoms with Gasteiger partial charge in [-0.1, -0.05) is 36.4 Å².